The Bertz CT molecular complexity index is 334. The van der Waals surface area contributed by atoms with E-state index in [0.717, 1.165) is 29.5 Å². The fraction of sp³-hybridized carbons (Fsp3) is 0.500. The van der Waals surface area contributed by atoms with Crippen LogP contribution < -0.4 is 5.32 Å². The summed E-state index contributed by atoms with van der Waals surface area (Å²) in [5, 5.41) is 13.2. The standard InChI is InChI=1S/C12H16BrNO/c13-11-3-1-2-10(12(11)15)8-9-4-6-14-7-5-9/h1-3,9,14-15H,4-8H2. The van der Waals surface area contributed by atoms with E-state index in [1.165, 1.54) is 12.8 Å². The lowest BCUT2D eigenvalue weighted by atomic mass is 9.91. The molecule has 1 aliphatic rings. The predicted molar refractivity (Wildman–Crippen MR) is 65.1 cm³/mol. The molecule has 0 bridgehead atoms. The monoisotopic (exact) mass is 269 g/mol. The van der Waals surface area contributed by atoms with E-state index < -0.39 is 0 Å². The molecule has 0 saturated carbocycles. The first-order valence-corrected chi connectivity index (χ1v) is 6.24. The number of nitrogens with one attached hydrogen (secondary N) is 1. The topological polar surface area (TPSA) is 32.3 Å². The molecule has 3 heteroatoms. The fourth-order valence-corrected chi connectivity index (χ4v) is 2.53. The summed E-state index contributed by atoms with van der Waals surface area (Å²) in [6, 6.07) is 5.88. The van der Waals surface area contributed by atoms with Crippen LogP contribution in [0.4, 0.5) is 0 Å². The molecular weight excluding hydrogens is 254 g/mol. The molecule has 82 valence electrons. The maximum absolute atomic E-state index is 9.87. The zero-order valence-corrected chi connectivity index (χ0v) is 10.3. The van der Waals surface area contributed by atoms with E-state index in [9.17, 15) is 5.11 Å². The van der Waals surface area contributed by atoms with E-state index in [1.54, 1.807) is 0 Å². The number of phenolic OH excluding ortho intramolecular Hbond substituents is 1. The first-order valence-electron chi connectivity index (χ1n) is 5.44. The lowest BCUT2D eigenvalue weighted by Crippen LogP contribution is -2.28. The number of benzene rings is 1. The molecule has 0 radical (unpaired) electrons. The number of piperidine rings is 1. The van der Waals surface area contributed by atoms with E-state index in [1.807, 2.05) is 18.2 Å². The molecule has 1 aliphatic heterocycles. The molecule has 1 fully saturated rings. The normalized spacial score (nSPS) is 17.9. The van der Waals surface area contributed by atoms with Gasteiger partial charge in [0.25, 0.3) is 0 Å². The second kappa shape index (κ2) is 4.99. The lowest BCUT2D eigenvalue weighted by Gasteiger charge is -2.22. The van der Waals surface area contributed by atoms with Crippen LogP contribution in [0.1, 0.15) is 18.4 Å². The number of hydrogen-bond acceptors (Lipinski definition) is 2. The first-order chi connectivity index (χ1) is 7.27. The molecule has 1 aromatic carbocycles. The zero-order valence-electron chi connectivity index (χ0n) is 8.67. The molecule has 15 heavy (non-hydrogen) atoms. The van der Waals surface area contributed by atoms with Gasteiger partial charge in [0.1, 0.15) is 5.75 Å². The van der Waals surface area contributed by atoms with Crippen molar-refractivity contribution in [2.75, 3.05) is 13.1 Å². The third-order valence-corrected chi connectivity index (χ3v) is 3.68. The van der Waals surface area contributed by atoms with E-state index in [2.05, 4.69) is 21.2 Å². The number of aromatic hydroxyl groups is 1. The van der Waals surface area contributed by atoms with Crippen molar-refractivity contribution < 1.29 is 5.11 Å². The summed E-state index contributed by atoms with van der Waals surface area (Å²) in [5.74, 6) is 1.13. The van der Waals surface area contributed by atoms with Crippen molar-refractivity contribution in [2.24, 2.45) is 5.92 Å². The molecule has 1 heterocycles. The van der Waals surface area contributed by atoms with Gasteiger partial charge in [-0.3, -0.25) is 0 Å². The van der Waals surface area contributed by atoms with Crippen molar-refractivity contribution in [3.8, 4) is 5.75 Å². The average molecular weight is 270 g/mol. The molecule has 2 nitrogen and oxygen atoms in total. The van der Waals surface area contributed by atoms with Crippen LogP contribution in [-0.4, -0.2) is 18.2 Å². The molecule has 1 saturated heterocycles. The Hall–Kier alpha value is -0.540. The highest BCUT2D eigenvalue weighted by atomic mass is 79.9. The van der Waals surface area contributed by atoms with Gasteiger partial charge in [0, 0.05) is 0 Å². The number of rotatable bonds is 2. The minimum absolute atomic E-state index is 0.413. The smallest absolute Gasteiger partial charge is 0.132 e. The molecule has 1 aromatic rings. The van der Waals surface area contributed by atoms with Crippen molar-refractivity contribution in [3.05, 3.63) is 28.2 Å². The van der Waals surface area contributed by atoms with Crippen LogP contribution in [0.25, 0.3) is 0 Å². The molecule has 2 rings (SSSR count). The van der Waals surface area contributed by atoms with Gasteiger partial charge >= 0.3 is 0 Å². The maximum atomic E-state index is 9.87. The van der Waals surface area contributed by atoms with Crippen molar-refractivity contribution in [2.45, 2.75) is 19.3 Å². The van der Waals surface area contributed by atoms with E-state index in [4.69, 9.17) is 0 Å². The molecule has 0 spiro atoms. The Morgan fingerprint density at radius 2 is 2.07 bits per heavy atom. The van der Waals surface area contributed by atoms with Gasteiger partial charge in [-0.05, 0) is 65.8 Å². The second-order valence-electron chi connectivity index (χ2n) is 4.15. The number of hydrogen-bond donors (Lipinski definition) is 2. The fourth-order valence-electron chi connectivity index (χ4n) is 2.12. The Labute approximate surface area is 98.8 Å². The van der Waals surface area contributed by atoms with Crippen molar-refractivity contribution in [3.63, 3.8) is 0 Å². The van der Waals surface area contributed by atoms with Crippen LogP contribution in [-0.2, 0) is 6.42 Å². The van der Waals surface area contributed by atoms with Gasteiger partial charge in [-0.2, -0.15) is 0 Å². The SMILES string of the molecule is Oc1c(Br)cccc1CC1CCNCC1. The minimum atomic E-state index is 0.413. The van der Waals surface area contributed by atoms with Crippen molar-refractivity contribution >= 4 is 15.9 Å². The third kappa shape index (κ3) is 2.73. The van der Waals surface area contributed by atoms with Crippen LogP contribution in [0.3, 0.4) is 0 Å². The summed E-state index contributed by atoms with van der Waals surface area (Å²) >= 11 is 3.35. The van der Waals surface area contributed by atoms with Gasteiger partial charge in [0.2, 0.25) is 0 Å². The van der Waals surface area contributed by atoms with Crippen molar-refractivity contribution in [1.82, 2.24) is 5.32 Å². The first kappa shape index (κ1) is 11.0. The third-order valence-electron chi connectivity index (χ3n) is 3.04. The van der Waals surface area contributed by atoms with Gasteiger partial charge in [-0.25, -0.2) is 0 Å². The summed E-state index contributed by atoms with van der Waals surface area (Å²) in [5.41, 5.74) is 1.07. The van der Waals surface area contributed by atoms with Gasteiger partial charge in [0.15, 0.2) is 0 Å². The van der Waals surface area contributed by atoms with E-state index in [-0.39, 0.29) is 0 Å². The Morgan fingerprint density at radius 1 is 1.33 bits per heavy atom. The highest BCUT2D eigenvalue weighted by molar-refractivity contribution is 9.10. The van der Waals surface area contributed by atoms with Crippen LogP contribution >= 0.6 is 15.9 Å². The predicted octanol–water partition coefficient (Wildman–Crippen LogP) is 2.70. The molecule has 0 unspecified atom stereocenters. The van der Waals surface area contributed by atoms with E-state index in [0.29, 0.717) is 11.7 Å². The number of phenols is 1. The van der Waals surface area contributed by atoms with Gasteiger partial charge < -0.3 is 10.4 Å². The second-order valence-corrected chi connectivity index (χ2v) is 5.00. The van der Waals surface area contributed by atoms with Crippen LogP contribution in [0.2, 0.25) is 0 Å². The molecule has 0 aromatic heterocycles. The molecular formula is C12H16BrNO. The largest absolute Gasteiger partial charge is 0.506 e. The molecule has 0 aliphatic carbocycles. The Kier molecular flexibility index (Phi) is 3.65. The average Bonchev–Trinajstić information content (AvgIpc) is 2.26. The Balaban J connectivity index is 2.06. The number of para-hydroxylation sites is 1. The van der Waals surface area contributed by atoms with Gasteiger partial charge in [0.05, 0.1) is 4.47 Å². The summed E-state index contributed by atoms with van der Waals surface area (Å²) in [7, 11) is 0. The summed E-state index contributed by atoms with van der Waals surface area (Å²) in [6.45, 7) is 2.22. The summed E-state index contributed by atoms with van der Waals surface area (Å²) in [4.78, 5) is 0. The van der Waals surface area contributed by atoms with Crippen molar-refractivity contribution in [1.29, 1.82) is 0 Å². The minimum Gasteiger partial charge on any atom is -0.506 e. The van der Waals surface area contributed by atoms with Gasteiger partial charge in [-0.1, -0.05) is 12.1 Å². The van der Waals surface area contributed by atoms with Gasteiger partial charge in [-0.15, -0.1) is 0 Å². The van der Waals surface area contributed by atoms with Crippen LogP contribution in [0, 0.1) is 5.92 Å². The molecule has 0 amide bonds. The van der Waals surface area contributed by atoms with Crippen LogP contribution in [0.15, 0.2) is 22.7 Å². The van der Waals surface area contributed by atoms with Crippen LogP contribution in [0.5, 0.6) is 5.75 Å². The molecule has 2 N–H and O–H groups in total. The lowest BCUT2D eigenvalue weighted by molar-refractivity contribution is 0.366. The molecule has 0 atom stereocenters. The number of halogens is 1. The highest BCUT2D eigenvalue weighted by Crippen LogP contribution is 2.30. The summed E-state index contributed by atoms with van der Waals surface area (Å²) < 4.78 is 0.800. The maximum Gasteiger partial charge on any atom is 0.132 e. The zero-order chi connectivity index (χ0) is 10.7. The quantitative estimate of drug-likeness (QED) is 0.866. The van der Waals surface area contributed by atoms with E-state index >= 15 is 0 Å². The highest BCUT2D eigenvalue weighted by Gasteiger charge is 2.15. The Morgan fingerprint density at radius 3 is 2.80 bits per heavy atom. The summed E-state index contributed by atoms with van der Waals surface area (Å²) in [6.07, 6.45) is 3.42.